The number of aliphatic hydroxyl groups is 1. The van der Waals surface area contributed by atoms with Gasteiger partial charge in [-0.2, -0.15) is 0 Å². The van der Waals surface area contributed by atoms with Crippen LogP contribution < -0.4 is 14.4 Å². The smallest absolute Gasteiger partial charge is 0.350 e. The molecule has 1 fully saturated rings. The molecule has 1 amide bonds. The number of ether oxygens (including phenoxy) is 3. The predicted molar refractivity (Wildman–Crippen MR) is 170 cm³/mol. The molecular weight excluding hydrogens is 596 g/mol. The molecular formula is C33H36N4O7S. The molecule has 5 rings (SSSR count). The third kappa shape index (κ3) is 6.02. The summed E-state index contributed by atoms with van der Waals surface area (Å²) in [6.07, 6.45) is 4.69. The standard InChI is InChI=1S/C33H36N4O7S/c1-6-9-12-17-44-22-15-14-21(18-23(22)42-7-2)27-25(28(38)26-19(4)34-24-13-10-11-16-36(24)26)29(39)31(40)37(27)33-35-20(5)30(45-33)32(41)43-8-3/h10-11,13-16,18,27,38H,6-9,12,17H2,1-5H3. The number of aromatic nitrogens is 3. The van der Waals surface area contributed by atoms with Gasteiger partial charge < -0.3 is 19.3 Å². The first-order chi connectivity index (χ1) is 21.7. The van der Waals surface area contributed by atoms with Crippen LogP contribution in [0.5, 0.6) is 11.5 Å². The molecule has 0 spiro atoms. The van der Waals surface area contributed by atoms with E-state index in [0.29, 0.717) is 47.3 Å². The Morgan fingerprint density at radius 2 is 1.78 bits per heavy atom. The van der Waals surface area contributed by atoms with Gasteiger partial charge in [-0.3, -0.25) is 18.9 Å². The Balaban J connectivity index is 1.70. The van der Waals surface area contributed by atoms with E-state index in [1.807, 2.05) is 13.0 Å². The zero-order chi connectivity index (χ0) is 32.2. The number of amides is 1. The number of anilines is 1. The molecule has 45 heavy (non-hydrogen) atoms. The van der Waals surface area contributed by atoms with Gasteiger partial charge in [0.05, 0.1) is 42.8 Å². The van der Waals surface area contributed by atoms with E-state index in [1.165, 1.54) is 4.90 Å². The lowest BCUT2D eigenvalue weighted by atomic mass is 9.96. The van der Waals surface area contributed by atoms with Gasteiger partial charge in [0.25, 0.3) is 5.78 Å². The Morgan fingerprint density at radius 3 is 2.51 bits per heavy atom. The molecule has 1 aliphatic heterocycles. The van der Waals surface area contributed by atoms with E-state index < -0.39 is 23.7 Å². The molecule has 0 saturated carbocycles. The van der Waals surface area contributed by atoms with Crippen LogP contribution in [0.1, 0.15) is 78.4 Å². The second-order valence-electron chi connectivity index (χ2n) is 10.5. The molecule has 0 bridgehead atoms. The highest BCUT2D eigenvalue weighted by Crippen LogP contribution is 2.46. The Kier molecular flexibility index (Phi) is 9.52. The van der Waals surface area contributed by atoms with Crippen molar-refractivity contribution in [3.05, 3.63) is 75.7 Å². The average Bonchev–Trinajstić information content (AvgIpc) is 3.65. The van der Waals surface area contributed by atoms with Crippen LogP contribution in [-0.2, 0) is 14.3 Å². The van der Waals surface area contributed by atoms with E-state index in [-0.39, 0.29) is 33.6 Å². The summed E-state index contributed by atoms with van der Waals surface area (Å²) in [6, 6.07) is 9.46. The molecule has 11 nitrogen and oxygen atoms in total. The lowest BCUT2D eigenvalue weighted by Gasteiger charge is -2.24. The third-order valence-corrected chi connectivity index (χ3v) is 8.55. The van der Waals surface area contributed by atoms with Crippen molar-refractivity contribution in [3.63, 3.8) is 0 Å². The zero-order valence-electron chi connectivity index (χ0n) is 26.0. The van der Waals surface area contributed by atoms with Crippen LogP contribution in [-0.4, -0.2) is 57.0 Å². The molecule has 236 valence electrons. The number of nitrogens with zero attached hydrogens (tertiary/aromatic N) is 4. The molecule has 3 aromatic heterocycles. The Morgan fingerprint density at radius 1 is 0.978 bits per heavy atom. The minimum Gasteiger partial charge on any atom is -0.505 e. The largest absolute Gasteiger partial charge is 0.505 e. The predicted octanol–water partition coefficient (Wildman–Crippen LogP) is 6.18. The van der Waals surface area contributed by atoms with E-state index in [2.05, 4.69) is 16.9 Å². The fraction of sp³-hybridized carbons (Fsp3) is 0.364. The minimum absolute atomic E-state index is 0.120. The summed E-state index contributed by atoms with van der Waals surface area (Å²) in [5, 5.41) is 12.0. The SMILES string of the molecule is CCCCCOc1ccc(C2C(=C(O)c3c(C)nc4ccccn34)C(=O)C(=O)N2c2nc(C)c(C(=O)OCC)s2)cc1OCC. The number of benzene rings is 1. The maximum Gasteiger partial charge on any atom is 0.350 e. The lowest BCUT2D eigenvalue weighted by molar-refractivity contribution is -0.132. The first-order valence-electron chi connectivity index (χ1n) is 15.0. The monoisotopic (exact) mass is 632 g/mol. The van der Waals surface area contributed by atoms with Crippen LogP contribution in [0.15, 0.2) is 48.2 Å². The van der Waals surface area contributed by atoms with Crippen molar-refractivity contribution in [3.8, 4) is 11.5 Å². The maximum atomic E-state index is 13.9. The molecule has 4 heterocycles. The number of hydrogen-bond donors (Lipinski definition) is 1. The fourth-order valence-corrected chi connectivity index (χ4v) is 6.35. The van der Waals surface area contributed by atoms with Gasteiger partial charge in [0.15, 0.2) is 22.4 Å². The molecule has 1 atom stereocenters. The van der Waals surface area contributed by atoms with E-state index in [1.54, 1.807) is 61.7 Å². The second-order valence-corrected chi connectivity index (χ2v) is 11.4. The van der Waals surface area contributed by atoms with E-state index >= 15 is 0 Å². The normalized spacial score (nSPS) is 16.0. The number of aliphatic hydroxyl groups excluding tert-OH is 1. The highest BCUT2D eigenvalue weighted by atomic mass is 32.1. The number of pyridine rings is 1. The summed E-state index contributed by atoms with van der Waals surface area (Å²) >= 11 is 0.949. The number of Topliss-reactive ketones (excluding diaryl/α,β-unsaturated/α-hetero) is 1. The molecule has 1 aliphatic rings. The zero-order valence-corrected chi connectivity index (χ0v) is 26.8. The van der Waals surface area contributed by atoms with Crippen LogP contribution in [0.25, 0.3) is 11.4 Å². The summed E-state index contributed by atoms with van der Waals surface area (Å²) in [5.41, 5.74) is 2.04. The second kappa shape index (κ2) is 13.5. The van der Waals surface area contributed by atoms with Crippen molar-refractivity contribution < 1.29 is 33.7 Å². The topological polar surface area (TPSA) is 133 Å². The van der Waals surface area contributed by atoms with Crippen LogP contribution in [0.3, 0.4) is 0 Å². The number of esters is 1. The van der Waals surface area contributed by atoms with Gasteiger partial charge in [-0.1, -0.05) is 43.2 Å². The van der Waals surface area contributed by atoms with Gasteiger partial charge in [0, 0.05) is 6.20 Å². The molecule has 0 aliphatic carbocycles. The number of aryl methyl sites for hydroxylation is 2. The highest BCUT2D eigenvalue weighted by molar-refractivity contribution is 7.17. The number of thiazole rings is 1. The first kappa shape index (κ1) is 31.7. The molecule has 1 aromatic carbocycles. The van der Waals surface area contributed by atoms with Crippen molar-refractivity contribution in [1.29, 1.82) is 0 Å². The van der Waals surface area contributed by atoms with Gasteiger partial charge in [-0.15, -0.1) is 0 Å². The average molecular weight is 633 g/mol. The molecule has 4 aromatic rings. The van der Waals surface area contributed by atoms with E-state index in [4.69, 9.17) is 14.2 Å². The Labute approximate surface area is 265 Å². The molecule has 0 radical (unpaired) electrons. The summed E-state index contributed by atoms with van der Waals surface area (Å²) < 4.78 is 18.8. The lowest BCUT2D eigenvalue weighted by Crippen LogP contribution is -2.29. The summed E-state index contributed by atoms with van der Waals surface area (Å²) in [7, 11) is 0. The van der Waals surface area contributed by atoms with Crippen molar-refractivity contribution >= 4 is 45.5 Å². The van der Waals surface area contributed by atoms with Crippen LogP contribution in [0.2, 0.25) is 0 Å². The summed E-state index contributed by atoms with van der Waals surface area (Å²) in [5.74, 6) is -1.78. The van der Waals surface area contributed by atoms with E-state index in [0.717, 1.165) is 30.6 Å². The summed E-state index contributed by atoms with van der Waals surface area (Å²) in [4.78, 5) is 50.8. The highest BCUT2D eigenvalue weighted by Gasteiger charge is 2.49. The van der Waals surface area contributed by atoms with Crippen molar-refractivity contribution in [2.75, 3.05) is 24.7 Å². The van der Waals surface area contributed by atoms with Gasteiger partial charge in [0.2, 0.25) is 0 Å². The van der Waals surface area contributed by atoms with Crippen LogP contribution in [0, 0.1) is 13.8 Å². The number of carbonyl (C=O) groups excluding carboxylic acids is 3. The maximum absolute atomic E-state index is 13.9. The number of hydrogen-bond acceptors (Lipinski definition) is 10. The minimum atomic E-state index is -1.10. The Bertz CT molecular complexity index is 1790. The van der Waals surface area contributed by atoms with Crippen LogP contribution >= 0.6 is 11.3 Å². The number of carbonyl (C=O) groups is 3. The molecule has 1 unspecified atom stereocenters. The number of rotatable bonds is 12. The van der Waals surface area contributed by atoms with Crippen molar-refractivity contribution in [2.24, 2.45) is 0 Å². The number of imidazole rings is 1. The van der Waals surface area contributed by atoms with Gasteiger partial charge in [-0.25, -0.2) is 14.8 Å². The fourth-order valence-electron chi connectivity index (χ4n) is 5.36. The first-order valence-corrected chi connectivity index (χ1v) is 15.8. The number of ketones is 1. The Hall–Kier alpha value is -4.71. The van der Waals surface area contributed by atoms with Crippen molar-refractivity contribution in [2.45, 2.75) is 59.9 Å². The van der Waals surface area contributed by atoms with Gasteiger partial charge >= 0.3 is 11.9 Å². The van der Waals surface area contributed by atoms with Gasteiger partial charge in [0.1, 0.15) is 16.2 Å². The van der Waals surface area contributed by atoms with Crippen LogP contribution in [0.4, 0.5) is 5.13 Å². The van der Waals surface area contributed by atoms with E-state index in [9.17, 15) is 19.5 Å². The molecule has 1 saturated heterocycles. The summed E-state index contributed by atoms with van der Waals surface area (Å²) in [6.45, 7) is 10.1. The number of unbranched alkanes of at least 4 members (excludes halogenated alkanes) is 2. The third-order valence-electron chi connectivity index (χ3n) is 7.41. The number of fused-ring (bicyclic) bond motifs is 1. The van der Waals surface area contributed by atoms with Gasteiger partial charge in [-0.05, 0) is 63.9 Å². The molecule has 1 N–H and O–H groups in total. The quantitative estimate of drug-likeness (QED) is 0.0639. The van der Waals surface area contributed by atoms with Crippen molar-refractivity contribution in [1.82, 2.24) is 14.4 Å². The molecule has 12 heteroatoms.